The summed E-state index contributed by atoms with van der Waals surface area (Å²) in [5.41, 5.74) is 1.03. The Morgan fingerprint density at radius 2 is 1.86 bits per heavy atom. The van der Waals surface area contributed by atoms with Crippen LogP contribution >= 0.6 is 0 Å². The fourth-order valence-electron chi connectivity index (χ4n) is 2.35. The summed E-state index contributed by atoms with van der Waals surface area (Å²) in [5.74, 6) is -0.453. The summed E-state index contributed by atoms with van der Waals surface area (Å²) in [4.78, 5) is 15.0. The fraction of sp³-hybridized carbons (Fsp3) is 0.500. The highest BCUT2D eigenvalue weighted by Crippen LogP contribution is 2.22. The van der Waals surface area contributed by atoms with Gasteiger partial charge in [0.05, 0.1) is 12.1 Å². The third-order valence-corrected chi connectivity index (χ3v) is 3.44. The Kier molecular flexibility index (Phi) is 4.41. The average Bonchev–Trinajstić information content (AvgIpc) is 2.40. The highest BCUT2D eigenvalue weighted by molar-refractivity contribution is 5.97. The Hall–Kier alpha value is -1.76. The smallest absolute Gasteiger partial charge is 0.401 e. The second-order valence-corrected chi connectivity index (χ2v) is 5.20. The second kappa shape index (κ2) is 5.93. The number of aromatic hydroxyl groups is 1. The van der Waals surface area contributed by atoms with Crippen LogP contribution in [0.15, 0.2) is 18.2 Å². The molecular weight excluding hydrogens is 285 g/mol. The molecule has 0 unspecified atom stereocenters. The van der Waals surface area contributed by atoms with Crippen LogP contribution in [0.25, 0.3) is 0 Å². The largest absolute Gasteiger partial charge is 0.507 e. The number of halogens is 3. The van der Waals surface area contributed by atoms with Gasteiger partial charge in [0.2, 0.25) is 0 Å². The van der Waals surface area contributed by atoms with E-state index in [4.69, 9.17) is 0 Å². The molecule has 7 heteroatoms. The summed E-state index contributed by atoms with van der Waals surface area (Å²) < 4.78 is 36.9. The van der Waals surface area contributed by atoms with Gasteiger partial charge in [-0.25, -0.2) is 0 Å². The predicted octanol–water partition coefficient (Wildman–Crippen LogP) is 2.02. The van der Waals surface area contributed by atoms with Crippen molar-refractivity contribution in [2.75, 3.05) is 32.7 Å². The van der Waals surface area contributed by atoms with E-state index in [9.17, 15) is 23.1 Å². The van der Waals surface area contributed by atoms with E-state index in [1.165, 1.54) is 15.9 Å². The van der Waals surface area contributed by atoms with Gasteiger partial charge in [-0.15, -0.1) is 0 Å². The molecule has 0 atom stereocenters. The van der Waals surface area contributed by atoms with Crippen LogP contribution in [0.2, 0.25) is 0 Å². The van der Waals surface area contributed by atoms with E-state index in [1.54, 1.807) is 19.1 Å². The summed E-state index contributed by atoms with van der Waals surface area (Å²) in [5, 5.41) is 9.73. The number of aryl methyl sites for hydroxylation is 1. The van der Waals surface area contributed by atoms with Crippen LogP contribution in [-0.2, 0) is 0 Å². The molecule has 1 saturated heterocycles. The molecular formula is C14H17F3N2O2. The van der Waals surface area contributed by atoms with E-state index in [1.807, 2.05) is 0 Å². The first-order valence-corrected chi connectivity index (χ1v) is 6.64. The first kappa shape index (κ1) is 15.6. The van der Waals surface area contributed by atoms with Gasteiger partial charge in [0.15, 0.2) is 0 Å². The van der Waals surface area contributed by atoms with Crippen LogP contribution in [0.5, 0.6) is 5.75 Å². The Labute approximate surface area is 120 Å². The molecule has 0 aromatic heterocycles. The van der Waals surface area contributed by atoms with Crippen molar-refractivity contribution in [2.24, 2.45) is 0 Å². The van der Waals surface area contributed by atoms with Gasteiger partial charge in [-0.1, -0.05) is 11.6 Å². The van der Waals surface area contributed by atoms with E-state index in [2.05, 4.69) is 0 Å². The Morgan fingerprint density at radius 1 is 1.24 bits per heavy atom. The SMILES string of the molecule is Cc1ccc(O)c(C(=O)N2CCN(CC(F)(F)F)CC2)c1. The summed E-state index contributed by atoms with van der Waals surface area (Å²) >= 11 is 0. The first-order chi connectivity index (χ1) is 9.76. The number of phenols is 1. The molecule has 0 aliphatic carbocycles. The van der Waals surface area contributed by atoms with Gasteiger partial charge < -0.3 is 10.0 Å². The van der Waals surface area contributed by atoms with Crippen molar-refractivity contribution in [1.82, 2.24) is 9.80 Å². The van der Waals surface area contributed by atoms with E-state index in [0.29, 0.717) is 0 Å². The number of carbonyl (C=O) groups is 1. The van der Waals surface area contributed by atoms with E-state index in [0.717, 1.165) is 5.56 Å². The molecule has 1 amide bonds. The molecule has 0 radical (unpaired) electrons. The van der Waals surface area contributed by atoms with Gasteiger partial charge in [-0.3, -0.25) is 9.69 Å². The standard InChI is InChI=1S/C14H17F3N2O2/c1-10-2-3-12(20)11(8-10)13(21)19-6-4-18(5-7-19)9-14(15,16)17/h2-3,8,20H,4-7,9H2,1H3. The highest BCUT2D eigenvalue weighted by Gasteiger charge is 2.33. The predicted molar refractivity (Wildman–Crippen MR) is 71.2 cm³/mol. The first-order valence-electron chi connectivity index (χ1n) is 6.64. The highest BCUT2D eigenvalue weighted by atomic mass is 19.4. The van der Waals surface area contributed by atoms with Crippen LogP contribution in [0.1, 0.15) is 15.9 Å². The van der Waals surface area contributed by atoms with Crippen LogP contribution in [0.3, 0.4) is 0 Å². The normalized spacial score (nSPS) is 17.0. The molecule has 116 valence electrons. The summed E-state index contributed by atoms with van der Waals surface area (Å²) in [6.07, 6.45) is -4.22. The minimum atomic E-state index is -4.22. The van der Waals surface area contributed by atoms with Crippen molar-refractivity contribution in [3.8, 4) is 5.75 Å². The molecule has 1 aliphatic rings. The molecule has 1 N–H and O–H groups in total. The maximum Gasteiger partial charge on any atom is 0.401 e. The van der Waals surface area contributed by atoms with Crippen LogP contribution in [-0.4, -0.2) is 59.7 Å². The quantitative estimate of drug-likeness (QED) is 0.909. The summed E-state index contributed by atoms with van der Waals surface area (Å²) in [7, 11) is 0. The zero-order valence-electron chi connectivity index (χ0n) is 11.7. The monoisotopic (exact) mass is 302 g/mol. The molecule has 0 saturated carbocycles. The number of benzene rings is 1. The Balaban J connectivity index is 1.99. The molecule has 2 rings (SSSR count). The number of piperazine rings is 1. The van der Waals surface area contributed by atoms with Gasteiger partial charge in [0, 0.05) is 26.2 Å². The lowest BCUT2D eigenvalue weighted by Gasteiger charge is -2.35. The lowest BCUT2D eigenvalue weighted by atomic mass is 10.1. The zero-order valence-corrected chi connectivity index (χ0v) is 11.7. The second-order valence-electron chi connectivity index (χ2n) is 5.20. The molecule has 0 bridgehead atoms. The third-order valence-electron chi connectivity index (χ3n) is 3.44. The zero-order chi connectivity index (χ0) is 15.6. The van der Waals surface area contributed by atoms with E-state index >= 15 is 0 Å². The number of phenolic OH excluding ortho intramolecular Hbond substituents is 1. The molecule has 1 aromatic rings. The van der Waals surface area contributed by atoms with Crippen molar-refractivity contribution < 1.29 is 23.1 Å². The average molecular weight is 302 g/mol. The van der Waals surface area contributed by atoms with Gasteiger partial charge in [0.1, 0.15) is 5.75 Å². The number of alkyl halides is 3. The third kappa shape index (κ3) is 4.10. The number of amides is 1. The number of rotatable bonds is 2. The minimum absolute atomic E-state index is 0.108. The van der Waals surface area contributed by atoms with Crippen molar-refractivity contribution in [3.63, 3.8) is 0 Å². The number of carbonyl (C=O) groups excluding carboxylic acids is 1. The van der Waals surface area contributed by atoms with E-state index < -0.39 is 12.7 Å². The van der Waals surface area contributed by atoms with Gasteiger partial charge >= 0.3 is 6.18 Å². The van der Waals surface area contributed by atoms with Crippen molar-refractivity contribution >= 4 is 5.91 Å². The van der Waals surface area contributed by atoms with Gasteiger partial charge in [0.25, 0.3) is 5.91 Å². The Bertz CT molecular complexity index is 523. The maximum atomic E-state index is 12.3. The van der Waals surface area contributed by atoms with Gasteiger partial charge in [-0.2, -0.15) is 13.2 Å². The van der Waals surface area contributed by atoms with Crippen LogP contribution in [0, 0.1) is 6.92 Å². The summed E-state index contributed by atoms with van der Waals surface area (Å²) in [6.45, 7) is 1.66. The topological polar surface area (TPSA) is 43.8 Å². The number of nitrogens with zero attached hydrogens (tertiary/aromatic N) is 2. The van der Waals surface area contributed by atoms with Crippen LogP contribution in [0.4, 0.5) is 13.2 Å². The Morgan fingerprint density at radius 3 is 2.43 bits per heavy atom. The molecule has 1 aliphatic heterocycles. The molecule has 1 fully saturated rings. The molecule has 4 nitrogen and oxygen atoms in total. The fourth-order valence-corrected chi connectivity index (χ4v) is 2.35. The maximum absolute atomic E-state index is 12.3. The van der Waals surface area contributed by atoms with Gasteiger partial charge in [-0.05, 0) is 19.1 Å². The lowest BCUT2D eigenvalue weighted by molar-refractivity contribution is -0.148. The molecule has 0 spiro atoms. The van der Waals surface area contributed by atoms with Crippen molar-refractivity contribution in [1.29, 1.82) is 0 Å². The number of hydrogen-bond acceptors (Lipinski definition) is 3. The van der Waals surface area contributed by atoms with Crippen LogP contribution < -0.4 is 0 Å². The molecule has 1 aromatic carbocycles. The van der Waals surface area contributed by atoms with Crippen molar-refractivity contribution in [2.45, 2.75) is 13.1 Å². The lowest BCUT2D eigenvalue weighted by Crippen LogP contribution is -2.50. The van der Waals surface area contributed by atoms with E-state index in [-0.39, 0.29) is 43.4 Å². The molecule has 21 heavy (non-hydrogen) atoms. The van der Waals surface area contributed by atoms with Crippen molar-refractivity contribution in [3.05, 3.63) is 29.3 Å². The minimum Gasteiger partial charge on any atom is -0.507 e. The summed E-state index contributed by atoms with van der Waals surface area (Å²) in [6, 6.07) is 4.72. The number of hydrogen-bond donors (Lipinski definition) is 1. The molecule has 1 heterocycles.